The Balaban J connectivity index is 2.26. The molecule has 1 nitrogen and oxygen atoms in total. The first-order chi connectivity index (χ1) is 10.3. The van der Waals surface area contributed by atoms with Gasteiger partial charge in [-0.2, -0.15) is 0 Å². The number of para-hydroxylation sites is 2. The second-order valence-corrected chi connectivity index (χ2v) is 6.29. The Morgan fingerprint density at radius 2 is 1.62 bits per heavy atom. The molecule has 0 aliphatic rings. The van der Waals surface area contributed by atoms with E-state index in [0.717, 1.165) is 26.2 Å². The maximum absolute atomic E-state index is 6.49. The third kappa shape index (κ3) is 1.98. The molecule has 102 valence electrons. The SMILES string of the molecule is Clc1cccc2c3cc(Br)ccc3n(-c3ccccc3)c12. The van der Waals surface area contributed by atoms with E-state index in [9.17, 15) is 0 Å². The number of halogens is 2. The maximum atomic E-state index is 6.49. The topological polar surface area (TPSA) is 4.93 Å². The fraction of sp³-hybridized carbons (Fsp3) is 0. The van der Waals surface area contributed by atoms with Gasteiger partial charge in [0, 0.05) is 20.9 Å². The van der Waals surface area contributed by atoms with Gasteiger partial charge in [-0.3, -0.25) is 0 Å². The van der Waals surface area contributed by atoms with Gasteiger partial charge in [-0.1, -0.05) is 57.9 Å². The molecule has 0 saturated heterocycles. The van der Waals surface area contributed by atoms with E-state index >= 15 is 0 Å². The second kappa shape index (κ2) is 4.90. The summed E-state index contributed by atoms with van der Waals surface area (Å²) in [5.74, 6) is 0. The zero-order valence-corrected chi connectivity index (χ0v) is 13.4. The first-order valence-electron chi connectivity index (χ1n) is 6.69. The van der Waals surface area contributed by atoms with Crippen LogP contribution in [0.5, 0.6) is 0 Å². The summed E-state index contributed by atoms with van der Waals surface area (Å²) in [5, 5.41) is 3.14. The Morgan fingerprint density at radius 1 is 0.810 bits per heavy atom. The molecule has 4 rings (SSSR count). The van der Waals surface area contributed by atoms with Crippen LogP contribution in [0.25, 0.3) is 27.5 Å². The van der Waals surface area contributed by atoms with Gasteiger partial charge >= 0.3 is 0 Å². The van der Waals surface area contributed by atoms with Crippen LogP contribution < -0.4 is 0 Å². The van der Waals surface area contributed by atoms with Crippen LogP contribution in [0.15, 0.2) is 71.2 Å². The zero-order valence-electron chi connectivity index (χ0n) is 11.1. The van der Waals surface area contributed by atoms with Crippen molar-refractivity contribution in [3.8, 4) is 5.69 Å². The van der Waals surface area contributed by atoms with E-state index in [1.807, 2.05) is 30.3 Å². The molecule has 0 fully saturated rings. The zero-order chi connectivity index (χ0) is 14.4. The lowest BCUT2D eigenvalue weighted by atomic mass is 10.1. The number of benzene rings is 3. The van der Waals surface area contributed by atoms with Crippen molar-refractivity contribution in [3.05, 3.63) is 76.2 Å². The summed E-state index contributed by atoms with van der Waals surface area (Å²) in [4.78, 5) is 0. The van der Waals surface area contributed by atoms with Crippen LogP contribution in [0.3, 0.4) is 0 Å². The summed E-state index contributed by atoms with van der Waals surface area (Å²) in [5.41, 5.74) is 3.33. The smallest absolute Gasteiger partial charge is 0.0727 e. The van der Waals surface area contributed by atoms with Crippen LogP contribution in [0.4, 0.5) is 0 Å². The number of hydrogen-bond donors (Lipinski definition) is 0. The van der Waals surface area contributed by atoms with E-state index in [4.69, 9.17) is 11.6 Å². The van der Waals surface area contributed by atoms with Crippen molar-refractivity contribution in [2.45, 2.75) is 0 Å². The van der Waals surface area contributed by atoms with E-state index in [2.05, 4.69) is 56.9 Å². The monoisotopic (exact) mass is 355 g/mol. The molecule has 0 spiro atoms. The van der Waals surface area contributed by atoms with E-state index in [0.29, 0.717) is 0 Å². The lowest BCUT2D eigenvalue weighted by Crippen LogP contribution is -1.93. The minimum atomic E-state index is 0.767. The lowest BCUT2D eigenvalue weighted by Gasteiger charge is -2.08. The van der Waals surface area contributed by atoms with Crippen LogP contribution >= 0.6 is 27.5 Å². The largest absolute Gasteiger partial charge is 0.308 e. The number of nitrogens with zero attached hydrogens (tertiary/aromatic N) is 1. The van der Waals surface area contributed by atoms with Crippen molar-refractivity contribution in [1.82, 2.24) is 4.57 Å². The third-order valence-corrected chi connectivity index (χ3v) is 4.51. The summed E-state index contributed by atoms with van der Waals surface area (Å²) in [6, 6.07) is 22.7. The fourth-order valence-electron chi connectivity index (χ4n) is 2.84. The molecule has 0 amide bonds. The molecule has 1 heterocycles. The summed E-state index contributed by atoms with van der Waals surface area (Å²) < 4.78 is 3.29. The highest BCUT2D eigenvalue weighted by Gasteiger charge is 2.14. The maximum Gasteiger partial charge on any atom is 0.0727 e. The molecular weight excluding hydrogens is 346 g/mol. The van der Waals surface area contributed by atoms with Gasteiger partial charge < -0.3 is 4.57 Å². The molecule has 0 saturated carbocycles. The van der Waals surface area contributed by atoms with Gasteiger partial charge in [0.2, 0.25) is 0 Å². The molecule has 0 N–H and O–H groups in total. The van der Waals surface area contributed by atoms with Crippen molar-refractivity contribution < 1.29 is 0 Å². The molecule has 3 aromatic carbocycles. The molecule has 0 atom stereocenters. The van der Waals surface area contributed by atoms with E-state index in [-0.39, 0.29) is 0 Å². The fourth-order valence-corrected chi connectivity index (χ4v) is 3.46. The first-order valence-corrected chi connectivity index (χ1v) is 7.86. The van der Waals surface area contributed by atoms with Crippen LogP contribution in [-0.2, 0) is 0 Å². The van der Waals surface area contributed by atoms with Crippen molar-refractivity contribution in [2.75, 3.05) is 0 Å². The Hall–Kier alpha value is -1.77. The third-order valence-electron chi connectivity index (χ3n) is 3.71. The highest BCUT2D eigenvalue weighted by molar-refractivity contribution is 9.10. The van der Waals surface area contributed by atoms with Gasteiger partial charge in [-0.05, 0) is 36.4 Å². The lowest BCUT2D eigenvalue weighted by molar-refractivity contribution is 1.18. The summed E-state index contributed by atoms with van der Waals surface area (Å²) in [6.45, 7) is 0. The normalized spacial score (nSPS) is 11.3. The second-order valence-electron chi connectivity index (χ2n) is 4.97. The number of rotatable bonds is 1. The van der Waals surface area contributed by atoms with E-state index in [1.54, 1.807) is 0 Å². The molecule has 21 heavy (non-hydrogen) atoms. The van der Waals surface area contributed by atoms with Crippen molar-refractivity contribution in [2.24, 2.45) is 0 Å². The summed E-state index contributed by atoms with van der Waals surface area (Å²) in [6.07, 6.45) is 0. The highest BCUT2D eigenvalue weighted by atomic mass is 79.9. The van der Waals surface area contributed by atoms with Crippen molar-refractivity contribution in [1.29, 1.82) is 0 Å². The minimum Gasteiger partial charge on any atom is -0.308 e. The molecule has 0 bridgehead atoms. The number of hydrogen-bond acceptors (Lipinski definition) is 0. The van der Waals surface area contributed by atoms with E-state index < -0.39 is 0 Å². The Labute approximate surface area is 135 Å². The average Bonchev–Trinajstić information content (AvgIpc) is 2.83. The van der Waals surface area contributed by atoms with Crippen molar-refractivity contribution in [3.63, 3.8) is 0 Å². The van der Waals surface area contributed by atoms with Crippen LogP contribution in [0.2, 0.25) is 5.02 Å². The highest BCUT2D eigenvalue weighted by Crippen LogP contribution is 2.36. The minimum absolute atomic E-state index is 0.767. The predicted molar refractivity (Wildman–Crippen MR) is 93.5 cm³/mol. The number of aromatic nitrogens is 1. The Bertz CT molecular complexity index is 957. The Morgan fingerprint density at radius 3 is 2.43 bits per heavy atom. The molecule has 0 unspecified atom stereocenters. The van der Waals surface area contributed by atoms with Gasteiger partial charge in [0.05, 0.1) is 16.1 Å². The molecule has 0 aliphatic carbocycles. The standard InChI is InChI=1S/C18H11BrClN/c19-12-9-10-17-15(11-12)14-7-4-8-16(20)18(14)21(17)13-5-2-1-3-6-13/h1-11H. The quantitative estimate of drug-likeness (QED) is 0.382. The first kappa shape index (κ1) is 12.9. The molecular formula is C18H11BrClN. The van der Waals surface area contributed by atoms with Gasteiger partial charge in [0.25, 0.3) is 0 Å². The van der Waals surface area contributed by atoms with Crippen LogP contribution in [-0.4, -0.2) is 4.57 Å². The van der Waals surface area contributed by atoms with E-state index in [1.165, 1.54) is 10.8 Å². The Kier molecular flexibility index (Phi) is 3.02. The molecule has 4 aromatic rings. The molecule has 0 aliphatic heterocycles. The van der Waals surface area contributed by atoms with Crippen LogP contribution in [0.1, 0.15) is 0 Å². The van der Waals surface area contributed by atoms with Crippen LogP contribution in [0, 0.1) is 0 Å². The molecule has 1 aromatic heterocycles. The van der Waals surface area contributed by atoms with Gasteiger partial charge in [-0.25, -0.2) is 0 Å². The van der Waals surface area contributed by atoms with Gasteiger partial charge in [0.15, 0.2) is 0 Å². The summed E-state index contributed by atoms with van der Waals surface area (Å²) in [7, 11) is 0. The average molecular weight is 357 g/mol. The van der Waals surface area contributed by atoms with Gasteiger partial charge in [0.1, 0.15) is 0 Å². The molecule has 0 radical (unpaired) electrons. The van der Waals surface area contributed by atoms with Gasteiger partial charge in [-0.15, -0.1) is 0 Å². The molecule has 3 heteroatoms. The predicted octanol–water partition coefficient (Wildman–Crippen LogP) is 6.20. The summed E-state index contributed by atoms with van der Waals surface area (Å²) >= 11 is 10.1. The van der Waals surface area contributed by atoms with Crippen molar-refractivity contribution >= 4 is 49.3 Å². The number of fused-ring (bicyclic) bond motifs is 3.